The summed E-state index contributed by atoms with van der Waals surface area (Å²) in [6, 6.07) is 9.89. The van der Waals surface area contributed by atoms with E-state index >= 15 is 0 Å². The molecule has 1 amide bonds. The highest BCUT2D eigenvalue weighted by molar-refractivity contribution is 7.89. The molecule has 1 aromatic carbocycles. The highest BCUT2D eigenvalue weighted by atomic mass is 32.2. The van der Waals surface area contributed by atoms with Gasteiger partial charge in [0.05, 0.1) is 4.90 Å². The van der Waals surface area contributed by atoms with Gasteiger partial charge < -0.3 is 9.80 Å². The quantitative estimate of drug-likeness (QED) is 0.790. The van der Waals surface area contributed by atoms with Gasteiger partial charge in [-0.05, 0) is 18.2 Å². The van der Waals surface area contributed by atoms with Gasteiger partial charge >= 0.3 is 0 Å². The van der Waals surface area contributed by atoms with Crippen molar-refractivity contribution < 1.29 is 13.2 Å². The second-order valence-electron chi connectivity index (χ2n) is 5.88. The van der Waals surface area contributed by atoms with E-state index in [9.17, 15) is 13.2 Å². The van der Waals surface area contributed by atoms with E-state index in [1.54, 1.807) is 41.6 Å². The van der Waals surface area contributed by atoms with Gasteiger partial charge in [0.25, 0.3) is 0 Å². The average Bonchev–Trinajstić information content (AvgIpc) is 2.69. The minimum atomic E-state index is -3.58. The van der Waals surface area contributed by atoms with Gasteiger partial charge in [0.2, 0.25) is 21.9 Å². The van der Waals surface area contributed by atoms with Crippen molar-refractivity contribution >= 4 is 21.9 Å². The number of carbonyl (C=O) groups is 1. The smallest absolute Gasteiger partial charge is 0.240 e. The summed E-state index contributed by atoms with van der Waals surface area (Å²) in [4.78, 5) is 24.7. The molecule has 1 aliphatic heterocycles. The molecular formula is C17H21N5O3S. The molecule has 0 aliphatic carbocycles. The maximum Gasteiger partial charge on any atom is 0.240 e. The molecule has 1 saturated heterocycles. The van der Waals surface area contributed by atoms with Gasteiger partial charge in [-0.3, -0.25) is 4.79 Å². The number of piperazine rings is 1. The van der Waals surface area contributed by atoms with E-state index in [0.717, 1.165) is 0 Å². The largest absolute Gasteiger partial charge is 0.339 e. The Labute approximate surface area is 152 Å². The third-order valence-electron chi connectivity index (χ3n) is 4.15. The van der Waals surface area contributed by atoms with Crippen LogP contribution in [0.25, 0.3) is 0 Å². The van der Waals surface area contributed by atoms with Crippen molar-refractivity contribution in [2.75, 3.05) is 37.6 Å². The molecular weight excluding hydrogens is 354 g/mol. The fourth-order valence-electron chi connectivity index (χ4n) is 2.74. The number of benzene rings is 1. The number of carbonyl (C=O) groups excluding carboxylic acids is 1. The van der Waals surface area contributed by atoms with E-state index in [-0.39, 0.29) is 23.8 Å². The van der Waals surface area contributed by atoms with E-state index in [1.165, 1.54) is 12.1 Å². The minimum Gasteiger partial charge on any atom is -0.339 e. The Balaban J connectivity index is 1.45. The Morgan fingerprint density at radius 3 is 2.31 bits per heavy atom. The number of anilines is 1. The molecule has 26 heavy (non-hydrogen) atoms. The lowest BCUT2D eigenvalue weighted by Gasteiger charge is -2.34. The highest BCUT2D eigenvalue weighted by Crippen LogP contribution is 2.11. The SMILES string of the molecule is O=C(CCNS(=O)(=O)c1ccccc1)N1CCN(c2ncccn2)CC1. The number of hydrogen-bond acceptors (Lipinski definition) is 6. The van der Waals surface area contributed by atoms with Gasteiger partial charge in [0.15, 0.2) is 0 Å². The normalized spacial score (nSPS) is 15.1. The van der Waals surface area contributed by atoms with Gasteiger partial charge in [0, 0.05) is 51.5 Å². The van der Waals surface area contributed by atoms with E-state index in [4.69, 9.17) is 0 Å². The fourth-order valence-corrected chi connectivity index (χ4v) is 3.80. The lowest BCUT2D eigenvalue weighted by atomic mass is 10.3. The second-order valence-corrected chi connectivity index (χ2v) is 7.64. The highest BCUT2D eigenvalue weighted by Gasteiger charge is 2.22. The molecule has 9 heteroatoms. The number of hydrogen-bond donors (Lipinski definition) is 1. The Kier molecular flexibility index (Phi) is 5.79. The number of nitrogens with one attached hydrogen (secondary N) is 1. The summed E-state index contributed by atoms with van der Waals surface area (Å²) in [5.41, 5.74) is 0. The number of amides is 1. The van der Waals surface area contributed by atoms with Crippen LogP contribution in [0.5, 0.6) is 0 Å². The van der Waals surface area contributed by atoms with Gasteiger partial charge in [-0.1, -0.05) is 18.2 Å². The van der Waals surface area contributed by atoms with Gasteiger partial charge in [-0.15, -0.1) is 0 Å². The van der Waals surface area contributed by atoms with Crippen molar-refractivity contribution in [2.24, 2.45) is 0 Å². The van der Waals surface area contributed by atoms with Crippen molar-refractivity contribution in [3.05, 3.63) is 48.8 Å². The van der Waals surface area contributed by atoms with Crippen LogP contribution in [-0.2, 0) is 14.8 Å². The van der Waals surface area contributed by atoms with Crippen LogP contribution < -0.4 is 9.62 Å². The lowest BCUT2D eigenvalue weighted by molar-refractivity contribution is -0.131. The second kappa shape index (κ2) is 8.24. The van der Waals surface area contributed by atoms with E-state index in [1.807, 2.05) is 4.90 Å². The molecule has 0 unspecified atom stereocenters. The summed E-state index contributed by atoms with van der Waals surface area (Å²) in [6.07, 6.45) is 3.52. The van der Waals surface area contributed by atoms with E-state index in [0.29, 0.717) is 32.1 Å². The maximum atomic E-state index is 12.3. The zero-order chi connectivity index (χ0) is 18.4. The summed E-state index contributed by atoms with van der Waals surface area (Å²) < 4.78 is 26.7. The molecule has 0 saturated carbocycles. The first-order valence-corrected chi connectivity index (χ1v) is 9.89. The van der Waals surface area contributed by atoms with Crippen molar-refractivity contribution in [1.82, 2.24) is 19.6 Å². The molecule has 1 N–H and O–H groups in total. The summed E-state index contributed by atoms with van der Waals surface area (Å²) in [6.45, 7) is 2.54. The molecule has 138 valence electrons. The monoisotopic (exact) mass is 375 g/mol. The summed E-state index contributed by atoms with van der Waals surface area (Å²) >= 11 is 0. The zero-order valence-electron chi connectivity index (χ0n) is 14.3. The first-order chi connectivity index (χ1) is 12.6. The molecule has 1 aromatic heterocycles. The van der Waals surface area contributed by atoms with Crippen molar-refractivity contribution in [2.45, 2.75) is 11.3 Å². The molecule has 8 nitrogen and oxygen atoms in total. The first kappa shape index (κ1) is 18.3. The topological polar surface area (TPSA) is 95.5 Å². The fraction of sp³-hybridized carbons (Fsp3) is 0.353. The van der Waals surface area contributed by atoms with Crippen LogP contribution in [0.15, 0.2) is 53.7 Å². The molecule has 1 aliphatic rings. The molecule has 0 radical (unpaired) electrons. The van der Waals surface area contributed by atoms with Crippen molar-refractivity contribution in [3.63, 3.8) is 0 Å². The van der Waals surface area contributed by atoms with E-state index < -0.39 is 10.0 Å². The van der Waals surface area contributed by atoms with Gasteiger partial charge in [-0.25, -0.2) is 23.1 Å². The molecule has 0 atom stereocenters. The summed E-state index contributed by atoms with van der Waals surface area (Å²) in [5, 5.41) is 0. The van der Waals surface area contributed by atoms with Crippen molar-refractivity contribution in [3.8, 4) is 0 Å². The number of sulfonamides is 1. The third-order valence-corrected chi connectivity index (χ3v) is 5.63. The number of rotatable bonds is 6. The van der Waals surface area contributed by atoms with Crippen LogP contribution in [-0.4, -0.2) is 61.9 Å². The number of aromatic nitrogens is 2. The molecule has 2 heterocycles. The molecule has 1 fully saturated rings. The van der Waals surface area contributed by atoms with Crippen LogP contribution in [0, 0.1) is 0 Å². The standard InChI is InChI=1S/C17H21N5O3S/c23-16(7-10-20-26(24,25)15-5-2-1-3-6-15)21-11-13-22(14-12-21)17-18-8-4-9-19-17/h1-6,8-9,20H,7,10-14H2. The Morgan fingerprint density at radius 2 is 1.65 bits per heavy atom. The first-order valence-electron chi connectivity index (χ1n) is 8.41. The summed E-state index contributed by atoms with van der Waals surface area (Å²) in [7, 11) is -3.58. The Morgan fingerprint density at radius 1 is 1.00 bits per heavy atom. The van der Waals surface area contributed by atoms with Gasteiger partial charge in [-0.2, -0.15) is 0 Å². The molecule has 2 aromatic rings. The molecule has 0 bridgehead atoms. The zero-order valence-corrected chi connectivity index (χ0v) is 15.1. The minimum absolute atomic E-state index is 0.0607. The molecule has 3 rings (SSSR count). The van der Waals surface area contributed by atoms with Crippen LogP contribution in [0.2, 0.25) is 0 Å². The number of nitrogens with zero attached hydrogens (tertiary/aromatic N) is 4. The van der Waals surface area contributed by atoms with Crippen molar-refractivity contribution in [1.29, 1.82) is 0 Å². The van der Waals surface area contributed by atoms with Crippen LogP contribution >= 0.6 is 0 Å². The average molecular weight is 375 g/mol. The Hall–Kier alpha value is -2.52. The predicted octanol–water partition coefficient (Wildman–Crippen LogP) is 0.494. The van der Waals surface area contributed by atoms with E-state index in [2.05, 4.69) is 14.7 Å². The van der Waals surface area contributed by atoms with Gasteiger partial charge in [0.1, 0.15) is 0 Å². The molecule has 0 spiro atoms. The lowest BCUT2D eigenvalue weighted by Crippen LogP contribution is -2.49. The van der Waals surface area contributed by atoms with Crippen LogP contribution in [0.4, 0.5) is 5.95 Å². The van der Waals surface area contributed by atoms with Crippen LogP contribution in [0.1, 0.15) is 6.42 Å². The predicted molar refractivity (Wildman–Crippen MR) is 97.1 cm³/mol. The van der Waals surface area contributed by atoms with Crippen LogP contribution in [0.3, 0.4) is 0 Å². The third kappa shape index (κ3) is 4.55. The Bertz CT molecular complexity index is 822. The maximum absolute atomic E-state index is 12.3. The summed E-state index contributed by atoms with van der Waals surface area (Å²) in [5.74, 6) is 0.601.